The molecule has 2 unspecified atom stereocenters. The van der Waals surface area contributed by atoms with E-state index in [1.165, 1.54) is 44.1 Å². The fourth-order valence-electron chi connectivity index (χ4n) is 2.25. The van der Waals surface area contributed by atoms with Crippen LogP contribution in [-0.2, 0) is 0 Å². The smallest absolute Gasteiger partial charge is 0.0320 e. The molecule has 1 rings (SSSR count). The Labute approximate surface area is 106 Å². The first-order chi connectivity index (χ1) is 8.25. The number of nitrogens with two attached hydrogens (primary N) is 1. The highest BCUT2D eigenvalue weighted by molar-refractivity contribution is 5.18. The Morgan fingerprint density at radius 2 is 1.65 bits per heavy atom. The van der Waals surface area contributed by atoms with E-state index in [0.29, 0.717) is 5.92 Å². The summed E-state index contributed by atoms with van der Waals surface area (Å²) < 4.78 is 0. The molecule has 0 radical (unpaired) electrons. The van der Waals surface area contributed by atoms with Gasteiger partial charge in [0.05, 0.1) is 0 Å². The van der Waals surface area contributed by atoms with Crippen LogP contribution in [0.1, 0.15) is 64.0 Å². The highest BCUT2D eigenvalue weighted by atomic mass is 14.6. The highest BCUT2D eigenvalue weighted by Gasteiger charge is 2.13. The second-order valence-corrected chi connectivity index (χ2v) is 5.12. The molecule has 2 N–H and O–H groups in total. The van der Waals surface area contributed by atoms with Crippen LogP contribution in [0.5, 0.6) is 0 Å². The lowest BCUT2D eigenvalue weighted by Gasteiger charge is -2.20. The first-order valence-corrected chi connectivity index (χ1v) is 7.06. The zero-order chi connectivity index (χ0) is 12.5. The fraction of sp³-hybridized carbons (Fsp3) is 0.625. The van der Waals surface area contributed by atoms with Crippen molar-refractivity contribution in [1.29, 1.82) is 0 Å². The molecule has 1 heteroatoms. The maximum atomic E-state index is 6.28. The van der Waals surface area contributed by atoms with E-state index in [1.807, 2.05) is 6.07 Å². The van der Waals surface area contributed by atoms with Gasteiger partial charge in [-0.2, -0.15) is 0 Å². The molecule has 0 aliphatic carbocycles. The van der Waals surface area contributed by atoms with Gasteiger partial charge >= 0.3 is 0 Å². The molecule has 2 atom stereocenters. The van der Waals surface area contributed by atoms with Gasteiger partial charge in [-0.25, -0.2) is 0 Å². The SMILES string of the molecule is CCCCCCCC(C)C(N)c1ccccc1. The van der Waals surface area contributed by atoms with Gasteiger partial charge in [-0.05, 0) is 17.9 Å². The average Bonchev–Trinajstić information content (AvgIpc) is 2.38. The third kappa shape index (κ3) is 5.36. The van der Waals surface area contributed by atoms with Gasteiger partial charge in [-0.15, -0.1) is 0 Å². The second-order valence-electron chi connectivity index (χ2n) is 5.12. The van der Waals surface area contributed by atoms with Gasteiger partial charge in [0.25, 0.3) is 0 Å². The summed E-state index contributed by atoms with van der Waals surface area (Å²) in [5.74, 6) is 0.582. The van der Waals surface area contributed by atoms with Crippen LogP contribution < -0.4 is 5.73 Å². The quantitative estimate of drug-likeness (QED) is 0.648. The lowest BCUT2D eigenvalue weighted by atomic mass is 9.91. The van der Waals surface area contributed by atoms with Crippen molar-refractivity contribution in [1.82, 2.24) is 0 Å². The summed E-state index contributed by atoms with van der Waals surface area (Å²) in [4.78, 5) is 0. The molecule has 17 heavy (non-hydrogen) atoms. The molecule has 96 valence electrons. The van der Waals surface area contributed by atoms with Gasteiger partial charge in [-0.1, -0.05) is 76.3 Å². The first kappa shape index (κ1) is 14.2. The van der Waals surface area contributed by atoms with Crippen LogP contribution in [0.25, 0.3) is 0 Å². The van der Waals surface area contributed by atoms with E-state index in [4.69, 9.17) is 5.73 Å². The molecule has 1 aromatic carbocycles. The summed E-state index contributed by atoms with van der Waals surface area (Å²) >= 11 is 0. The predicted molar refractivity (Wildman–Crippen MR) is 75.9 cm³/mol. The van der Waals surface area contributed by atoms with Crippen molar-refractivity contribution in [2.75, 3.05) is 0 Å². The molecule has 0 heterocycles. The van der Waals surface area contributed by atoms with Crippen molar-refractivity contribution in [3.8, 4) is 0 Å². The minimum absolute atomic E-state index is 0.197. The maximum absolute atomic E-state index is 6.28. The molecule has 0 aromatic heterocycles. The van der Waals surface area contributed by atoms with Crippen LogP contribution in [0, 0.1) is 5.92 Å². The standard InChI is InChI=1S/C16H27N/c1-3-4-5-6-8-11-14(2)16(17)15-12-9-7-10-13-15/h7,9-10,12-14,16H,3-6,8,11,17H2,1-2H3. The minimum Gasteiger partial charge on any atom is -0.324 e. The topological polar surface area (TPSA) is 26.0 Å². The van der Waals surface area contributed by atoms with E-state index in [-0.39, 0.29) is 6.04 Å². The Bertz CT molecular complexity index is 281. The lowest BCUT2D eigenvalue weighted by Crippen LogP contribution is -2.18. The predicted octanol–water partition coefficient (Wildman–Crippen LogP) is 4.68. The van der Waals surface area contributed by atoms with Gasteiger partial charge in [0.1, 0.15) is 0 Å². The van der Waals surface area contributed by atoms with Gasteiger partial charge in [0.2, 0.25) is 0 Å². The molecular weight excluding hydrogens is 206 g/mol. The van der Waals surface area contributed by atoms with Crippen LogP contribution in [0.4, 0.5) is 0 Å². The molecule has 0 fully saturated rings. The van der Waals surface area contributed by atoms with Gasteiger partial charge < -0.3 is 5.73 Å². The number of benzene rings is 1. The van der Waals surface area contributed by atoms with Gasteiger partial charge in [-0.3, -0.25) is 0 Å². The summed E-state index contributed by atoms with van der Waals surface area (Å²) in [7, 11) is 0. The molecule has 0 bridgehead atoms. The number of hydrogen-bond acceptors (Lipinski definition) is 1. The van der Waals surface area contributed by atoms with Crippen LogP contribution in [0.2, 0.25) is 0 Å². The number of rotatable bonds is 8. The van der Waals surface area contributed by atoms with E-state index >= 15 is 0 Å². The zero-order valence-electron chi connectivity index (χ0n) is 11.4. The largest absolute Gasteiger partial charge is 0.324 e. The van der Waals surface area contributed by atoms with Crippen molar-refractivity contribution in [2.45, 2.75) is 58.4 Å². The third-order valence-electron chi connectivity index (χ3n) is 3.56. The molecule has 1 aromatic rings. The van der Waals surface area contributed by atoms with E-state index in [0.717, 1.165) is 0 Å². The molecule has 1 nitrogen and oxygen atoms in total. The van der Waals surface area contributed by atoms with E-state index in [9.17, 15) is 0 Å². The van der Waals surface area contributed by atoms with Crippen molar-refractivity contribution >= 4 is 0 Å². The average molecular weight is 233 g/mol. The van der Waals surface area contributed by atoms with Crippen molar-refractivity contribution in [2.24, 2.45) is 11.7 Å². The first-order valence-electron chi connectivity index (χ1n) is 7.06. The lowest BCUT2D eigenvalue weighted by molar-refractivity contribution is 0.414. The van der Waals surface area contributed by atoms with Gasteiger partial charge in [0.15, 0.2) is 0 Å². The summed E-state index contributed by atoms with van der Waals surface area (Å²) in [6.07, 6.45) is 8.00. The normalized spacial score (nSPS) is 14.5. The van der Waals surface area contributed by atoms with Gasteiger partial charge in [0, 0.05) is 6.04 Å². The molecule has 0 spiro atoms. The molecule has 0 aliphatic heterocycles. The van der Waals surface area contributed by atoms with Crippen LogP contribution in [-0.4, -0.2) is 0 Å². The van der Waals surface area contributed by atoms with Crippen molar-refractivity contribution in [3.63, 3.8) is 0 Å². The monoisotopic (exact) mass is 233 g/mol. The Morgan fingerprint density at radius 1 is 1.00 bits per heavy atom. The Balaban J connectivity index is 2.25. The second kappa shape index (κ2) is 8.30. The Hall–Kier alpha value is -0.820. The van der Waals surface area contributed by atoms with Crippen LogP contribution in [0.3, 0.4) is 0 Å². The molecule has 0 amide bonds. The van der Waals surface area contributed by atoms with E-state index < -0.39 is 0 Å². The Kier molecular flexibility index (Phi) is 6.95. The maximum Gasteiger partial charge on any atom is 0.0320 e. The fourth-order valence-corrected chi connectivity index (χ4v) is 2.25. The van der Waals surface area contributed by atoms with E-state index in [1.54, 1.807) is 0 Å². The Morgan fingerprint density at radius 3 is 2.29 bits per heavy atom. The van der Waals surface area contributed by atoms with Crippen LogP contribution in [0.15, 0.2) is 30.3 Å². The zero-order valence-corrected chi connectivity index (χ0v) is 11.4. The highest BCUT2D eigenvalue weighted by Crippen LogP contribution is 2.23. The summed E-state index contributed by atoms with van der Waals surface area (Å²) in [6, 6.07) is 10.7. The minimum atomic E-state index is 0.197. The number of unbranched alkanes of at least 4 members (excludes halogenated alkanes) is 4. The van der Waals surface area contributed by atoms with Crippen molar-refractivity contribution in [3.05, 3.63) is 35.9 Å². The van der Waals surface area contributed by atoms with Crippen molar-refractivity contribution < 1.29 is 0 Å². The molecule has 0 saturated heterocycles. The summed E-state index contributed by atoms with van der Waals surface area (Å²) in [5.41, 5.74) is 7.55. The molecular formula is C16H27N. The summed E-state index contributed by atoms with van der Waals surface area (Å²) in [5, 5.41) is 0. The number of hydrogen-bond donors (Lipinski definition) is 1. The molecule has 0 saturated carbocycles. The van der Waals surface area contributed by atoms with E-state index in [2.05, 4.69) is 38.1 Å². The summed E-state index contributed by atoms with van der Waals surface area (Å²) in [6.45, 7) is 4.53. The third-order valence-corrected chi connectivity index (χ3v) is 3.56. The van der Waals surface area contributed by atoms with Crippen LogP contribution >= 0.6 is 0 Å². The molecule has 0 aliphatic rings.